The molecule has 0 saturated carbocycles. The quantitative estimate of drug-likeness (QED) is 0.196. The van der Waals surface area contributed by atoms with Gasteiger partial charge in [0, 0.05) is 16.5 Å². The molecule has 8 rings (SSSR count). The average molecular weight is 564 g/mol. The molecular weight excluding hydrogens is 530 g/mol. The van der Waals surface area contributed by atoms with Gasteiger partial charge in [-0.05, 0) is 98.1 Å². The zero-order valence-electron chi connectivity index (χ0n) is 25.0. The third-order valence-electron chi connectivity index (χ3n) is 8.99. The number of hydrogen-bond donors (Lipinski definition) is 0. The fourth-order valence-corrected chi connectivity index (χ4v) is 6.52. The van der Waals surface area contributed by atoms with E-state index in [2.05, 4.69) is 176 Å². The number of aromatic nitrogens is 1. The van der Waals surface area contributed by atoms with E-state index in [-0.39, 0.29) is 0 Å². The Hall–Kier alpha value is -5.40. The molecule has 0 unspecified atom stereocenters. The molecule has 1 heteroatoms. The molecular formula is C43H33N. The van der Waals surface area contributed by atoms with Crippen molar-refractivity contribution in [2.45, 2.75) is 19.8 Å². The summed E-state index contributed by atoms with van der Waals surface area (Å²) >= 11 is 0. The lowest BCUT2D eigenvalue weighted by Gasteiger charge is -2.09. The molecule has 44 heavy (non-hydrogen) atoms. The number of hydrogen-bond acceptors (Lipinski definition) is 0. The van der Waals surface area contributed by atoms with Crippen molar-refractivity contribution >= 4 is 32.6 Å². The second kappa shape index (κ2) is 10.7. The molecule has 0 amide bonds. The van der Waals surface area contributed by atoms with Crippen LogP contribution in [0.4, 0.5) is 0 Å². The number of benzene rings is 7. The van der Waals surface area contributed by atoms with Gasteiger partial charge in [0.1, 0.15) is 0 Å². The first kappa shape index (κ1) is 26.2. The molecule has 0 spiro atoms. The first-order chi connectivity index (χ1) is 21.6. The minimum atomic E-state index is 0.540. The van der Waals surface area contributed by atoms with Gasteiger partial charge in [0.05, 0.1) is 11.0 Å². The summed E-state index contributed by atoms with van der Waals surface area (Å²) in [5.41, 5.74) is 12.4. The highest BCUT2D eigenvalue weighted by Crippen LogP contribution is 2.38. The largest absolute Gasteiger partial charge is 0.309 e. The van der Waals surface area contributed by atoms with Gasteiger partial charge >= 0.3 is 0 Å². The Labute approximate surface area is 258 Å². The van der Waals surface area contributed by atoms with Crippen LogP contribution in [0.25, 0.3) is 71.6 Å². The summed E-state index contributed by atoms with van der Waals surface area (Å²) in [7, 11) is 0. The van der Waals surface area contributed by atoms with Crippen molar-refractivity contribution < 1.29 is 0 Å². The van der Waals surface area contributed by atoms with Crippen LogP contribution in [0.3, 0.4) is 0 Å². The van der Waals surface area contributed by atoms with Gasteiger partial charge in [0.15, 0.2) is 0 Å². The van der Waals surface area contributed by atoms with Crippen molar-refractivity contribution in [3.8, 4) is 39.1 Å². The van der Waals surface area contributed by atoms with Crippen LogP contribution in [0.5, 0.6) is 0 Å². The van der Waals surface area contributed by atoms with Gasteiger partial charge in [-0.25, -0.2) is 0 Å². The predicted molar refractivity (Wildman–Crippen MR) is 189 cm³/mol. The van der Waals surface area contributed by atoms with E-state index in [1.54, 1.807) is 0 Å². The molecule has 210 valence electrons. The van der Waals surface area contributed by atoms with E-state index in [0.717, 1.165) is 0 Å². The van der Waals surface area contributed by atoms with Crippen LogP contribution >= 0.6 is 0 Å². The summed E-state index contributed by atoms with van der Waals surface area (Å²) in [5.74, 6) is 0.540. The Morgan fingerprint density at radius 1 is 0.386 bits per heavy atom. The average Bonchev–Trinajstić information content (AvgIpc) is 3.41. The fraction of sp³-hybridized carbons (Fsp3) is 0.0698. The Morgan fingerprint density at radius 3 is 1.45 bits per heavy atom. The van der Waals surface area contributed by atoms with E-state index in [1.807, 2.05) is 0 Å². The van der Waals surface area contributed by atoms with Gasteiger partial charge in [-0.1, -0.05) is 129 Å². The maximum absolute atomic E-state index is 2.39. The lowest BCUT2D eigenvalue weighted by molar-refractivity contribution is 0.867. The van der Waals surface area contributed by atoms with Gasteiger partial charge in [-0.3, -0.25) is 0 Å². The third-order valence-corrected chi connectivity index (χ3v) is 8.99. The number of rotatable bonds is 5. The Kier molecular flexibility index (Phi) is 6.38. The smallest absolute Gasteiger partial charge is 0.0541 e. The third kappa shape index (κ3) is 4.58. The molecule has 0 atom stereocenters. The van der Waals surface area contributed by atoms with E-state index in [9.17, 15) is 0 Å². The molecule has 0 aliphatic rings. The molecule has 0 aliphatic carbocycles. The van der Waals surface area contributed by atoms with Gasteiger partial charge in [0.25, 0.3) is 0 Å². The summed E-state index contributed by atoms with van der Waals surface area (Å²) < 4.78 is 2.39. The maximum Gasteiger partial charge on any atom is 0.0541 e. The molecule has 1 aromatic heterocycles. The SMILES string of the molecule is CC(C)c1ccc(-c2ccc(-c3ccc4c(c3)c3cc(-c5ccc6ccccc6c5)ccc3n4-c3ccccc3)cc2)cc1. The van der Waals surface area contributed by atoms with E-state index in [0.29, 0.717) is 5.92 Å². The molecule has 1 heterocycles. The fourth-order valence-electron chi connectivity index (χ4n) is 6.52. The highest BCUT2D eigenvalue weighted by Gasteiger charge is 2.15. The van der Waals surface area contributed by atoms with Crippen LogP contribution < -0.4 is 0 Å². The summed E-state index contributed by atoms with van der Waals surface area (Å²) in [6.45, 7) is 4.48. The van der Waals surface area contributed by atoms with Crippen LogP contribution in [0, 0.1) is 0 Å². The maximum atomic E-state index is 2.39. The van der Waals surface area contributed by atoms with E-state index in [1.165, 1.54) is 77.2 Å². The van der Waals surface area contributed by atoms with Crippen LogP contribution in [0.15, 0.2) is 158 Å². The highest BCUT2D eigenvalue weighted by molar-refractivity contribution is 6.11. The van der Waals surface area contributed by atoms with Crippen LogP contribution in [0.2, 0.25) is 0 Å². The Bertz CT molecular complexity index is 2270. The minimum absolute atomic E-state index is 0.540. The van der Waals surface area contributed by atoms with Crippen LogP contribution in [-0.2, 0) is 0 Å². The molecule has 7 aromatic carbocycles. The number of fused-ring (bicyclic) bond motifs is 4. The van der Waals surface area contributed by atoms with Crippen LogP contribution in [-0.4, -0.2) is 4.57 Å². The Morgan fingerprint density at radius 2 is 0.841 bits per heavy atom. The summed E-state index contributed by atoms with van der Waals surface area (Å²) in [5, 5.41) is 5.05. The van der Waals surface area contributed by atoms with Crippen LogP contribution in [0.1, 0.15) is 25.3 Å². The topological polar surface area (TPSA) is 4.93 Å². The molecule has 0 N–H and O–H groups in total. The first-order valence-electron chi connectivity index (χ1n) is 15.5. The molecule has 1 nitrogen and oxygen atoms in total. The number of nitrogens with zero attached hydrogens (tertiary/aromatic N) is 1. The molecule has 0 aliphatic heterocycles. The normalized spacial score (nSPS) is 11.6. The van der Waals surface area contributed by atoms with Gasteiger partial charge in [-0.2, -0.15) is 0 Å². The first-order valence-corrected chi connectivity index (χ1v) is 15.5. The van der Waals surface area contributed by atoms with Crippen molar-refractivity contribution in [3.63, 3.8) is 0 Å². The molecule has 0 radical (unpaired) electrons. The minimum Gasteiger partial charge on any atom is -0.309 e. The standard InChI is InChI=1S/C43H33N/c1-29(2)30-12-14-32(15-13-30)33-16-18-34(19-17-33)37-22-24-42-40(27-37)41-28-38(36-21-20-31-8-6-7-9-35(31)26-36)23-25-43(41)44(42)39-10-4-3-5-11-39/h3-29H,1-2H3. The van der Waals surface area contributed by atoms with E-state index < -0.39 is 0 Å². The number of para-hydroxylation sites is 1. The second-order valence-corrected chi connectivity index (χ2v) is 12.1. The predicted octanol–water partition coefficient (Wildman–Crippen LogP) is 12.1. The summed E-state index contributed by atoms with van der Waals surface area (Å²) in [6.07, 6.45) is 0. The molecule has 0 saturated heterocycles. The zero-order chi connectivity index (χ0) is 29.6. The van der Waals surface area contributed by atoms with E-state index >= 15 is 0 Å². The molecule has 8 aromatic rings. The molecule has 0 fully saturated rings. The van der Waals surface area contributed by atoms with Crippen molar-refractivity contribution in [2.75, 3.05) is 0 Å². The summed E-state index contributed by atoms with van der Waals surface area (Å²) in [4.78, 5) is 0. The Balaban J connectivity index is 1.25. The zero-order valence-corrected chi connectivity index (χ0v) is 25.0. The molecule has 0 bridgehead atoms. The van der Waals surface area contributed by atoms with Crippen molar-refractivity contribution in [3.05, 3.63) is 163 Å². The van der Waals surface area contributed by atoms with Gasteiger partial charge < -0.3 is 4.57 Å². The van der Waals surface area contributed by atoms with E-state index in [4.69, 9.17) is 0 Å². The van der Waals surface area contributed by atoms with Gasteiger partial charge in [-0.15, -0.1) is 0 Å². The lowest BCUT2D eigenvalue weighted by atomic mass is 9.96. The second-order valence-electron chi connectivity index (χ2n) is 12.1. The van der Waals surface area contributed by atoms with Gasteiger partial charge in [0.2, 0.25) is 0 Å². The lowest BCUT2D eigenvalue weighted by Crippen LogP contribution is -1.93. The van der Waals surface area contributed by atoms with Crippen molar-refractivity contribution in [2.24, 2.45) is 0 Å². The highest BCUT2D eigenvalue weighted by atomic mass is 15.0. The van der Waals surface area contributed by atoms with Crippen molar-refractivity contribution in [1.82, 2.24) is 4.57 Å². The monoisotopic (exact) mass is 563 g/mol. The van der Waals surface area contributed by atoms with Crippen molar-refractivity contribution in [1.29, 1.82) is 0 Å². The summed E-state index contributed by atoms with van der Waals surface area (Å²) in [6, 6.07) is 57.8.